The summed E-state index contributed by atoms with van der Waals surface area (Å²) in [5.74, 6) is -1.44. The fourth-order valence-electron chi connectivity index (χ4n) is 4.30. The lowest BCUT2D eigenvalue weighted by Crippen LogP contribution is -2.50. The molecular weight excluding hydrogens is 547 g/mol. The van der Waals surface area contributed by atoms with Crippen molar-refractivity contribution in [1.29, 1.82) is 0 Å². The highest BCUT2D eigenvalue weighted by Gasteiger charge is 2.34. The molecule has 1 aliphatic heterocycles. The molecule has 1 saturated heterocycles. The van der Waals surface area contributed by atoms with Crippen molar-refractivity contribution in [3.63, 3.8) is 0 Å². The lowest BCUT2D eigenvalue weighted by molar-refractivity contribution is -0.274. The molecule has 1 N–H and O–H groups in total. The van der Waals surface area contributed by atoms with E-state index in [9.17, 15) is 27.3 Å². The van der Waals surface area contributed by atoms with Gasteiger partial charge in [-0.2, -0.15) is 4.72 Å². The average Bonchev–Trinajstić information content (AvgIpc) is 2.96. The zero-order chi connectivity index (χ0) is 28.3. The molecular formula is C27H22F3N5O4S. The first-order chi connectivity index (χ1) is 19.2. The maximum absolute atomic E-state index is 13.3. The van der Waals surface area contributed by atoms with Crippen LogP contribution in [0.2, 0.25) is 0 Å². The van der Waals surface area contributed by atoms with E-state index in [1.165, 1.54) is 29.4 Å². The van der Waals surface area contributed by atoms with E-state index in [4.69, 9.17) is 0 Å². The van der Waals surface area contributed by atoms with Gasteiger partial charge in [-0.15, -0.1) is 13.2 Å². The van der Waals surface area contributed by atoms with Crippen molar-refractivity contribution in [2.24, 2.45) is 0 Å². The number of hydrogen-bond donors (Lipinski definition) is 1. The monoisotopic (exact) mass is 569 g/mol. The molecule has 2 aromatic heterocycles. The van der Waals surface area contributed by atoms with Crippen molar-refractivity contribution >= 4 is 39.8 Å². The van der Waals surface area contributed by atoms with Gasteiger partial charge in [-0.05, 0) is 42.5 Å². The molecule has 0 aliphatic carbocycles. The van der Waals surface area contributed by atoms with Gasteiger partial charge in [0.05, 0.1) is 5.56 Å². The lowest BCUT2D eigenvalue weighted by Gasteiger charge is -2.35. The van der Waals surface area contributed by atoms with Crippen LogP contribution in [0.25, 0.3) is 10.9 Å². The number of hydrogen-bond acceptors (Lipinski definition) is 7. The second kappa shape index (κ2) is 11.4. The Balaban J connectivity index is 1.33. The van der Waals surface area contributed by atoms with E-state index in [2.05, 4.69) is 19.4 Å². The van der Waals surface area contributed by atoms with E-state index in [-0.39, 0.29) is 48.2 Å². The highest BCUT2D eigenvalue weighted by molar-refractivity contribution is 7.93. The Morgan fingerprint density at radius 2 is 1.57 bits per heavy atom. The summed E-state index contributed by atoms with van der Waals surface area (Å²) in [7, 11) is 0. The third kappa shape index (κ3) is 6.10. The number of rotatable bonds is 6. The van der Waals surface area contributed by atoms with Crippen molar-refractivity contribution in [2.45, 2.75) is 11.3 Å². The number of nitrogens with one attached hydrogen (secondary N) is 1. The summed E-state index contributed by atoms with van der Waals surface area (Å²) >= 11 is -1.99. The minimum Gasteiger partial charge on any atom is -0.588 e. The number of amides is 2. The number of benzene rings is 2. The van der Waals surface area contributed by atoms with Gasteiger partial charge in [-0.3, -0.25) is 19.6 Å². The molecule has 3 heterocycles. The second-order valence-corrected chi connectivity index (χ2v) is 9.97. The fourth-order valence-corrected chi connectivity index (χ4v) is 5.32. The number of anilines is 1. The minimum absolute atomic E-state index is 0.0468. The van der Waals surface area contributed by atoms with Crippen molar-refractivity contribution in [3.8, 4) is 5.75 Å². The van der Waals surface area contributed by atoms with Gasteiger partial charge in [0.1, 0.15) is 22.6 Å². The molecule has 2 amide bonds. The van der Waals surface area contributed by atoms with Crippen LogP contribution in [0.3, 0.4) is 0 Å². The molecule has 4 aromatic rings. The third-order valence-electron chi connectivity index (χ3n) is 6.21. The quantitative estimate of drug-likeness (QED) is 0.346. The van der Waals surface area contributed by atoms with Crippen LogP contribution in [0.1, 0.15) is 20.7 Å². The van der Waals surface area contributed by atoms with Gasteiger partial charge in [-0.25, -0.2) is 0 Å². The van der Waals surface area contributed by atoms with Crippen LogP contribution in [0.4, 0.5) is 18.9 Å². The molecule has 5 rings (SSSR count). The predicted octanol–water partition coefficient (Wildman–Crippen LogP) is 4.26. The van der Waals surface area contributed by atoms with E-state index in [1.807, 2.05) is 0 Å². The summed E-state index contributed by atoms with van der Waals surface area (Å²) in [4.78, 5) is 37.3. The highest BCUT2D eigenvalue weighted by atomic mass is 32.2. The van der Waals surface area contributed by atoms with Crippen LogP contribution in [-0.4, -0.2) is 68.7 Å². The largest absolute Gasteiger partial charge is 0.588 e. The molecule has 0 bridgehead atoms. The molecule has 40 heavy (non-hydrogen) atoms. The zero-order valence-corrected chi connectivity index (χ0v) is 21.6. The smallest absolute Gasteiger partial charge is 0.573 e. The molecule has 0 saturated carbocycles. The molecule has 1 aliphatic rings. The molecule has 2 aromatic carbocycles. The average molecular weight is 570 g/mol. The van der Waals surface area contributed by atoms with Gasteiger partial charge in [0.25, 0.3) is 11.8 Å². The van der Waals surface area contributed by atoms with Crippen LogP contribution in [0.5, 0.6) is 5.75 Å². The van der Waals surface area contributed by atoms with Gasteiger partial charge in [0.2, 0.25) is 4.90 Å². The van der Waals surface area contributed by atoms with Gasteiger partial charge in [0.15, 0.2) is 5.75 Å². The number of fused-ring (bicyclic) bond motifs is 1. The summed E-state index contributed by atoms with van der Waals surface area (Å²) in [5, 5.41) is 0.713. The predicted molar refractivity (Wildman–Crippen MR) is 141 cm³/mol. The Morgan fingerprint density at radius 1 is 0.900 bits per heavy atom. The number of carbonyl (C=O) groups is 2. The number of para-hydroxylation sites is 1. The van der Waals surface area contributed by atoms with Crippen LogP contribution in [0, 0.1) is 0 Å². The second-order valence-electron chi connectivity index (χ2n) is 8.79. The van der Waals surface area contributed by atoms with E-state index < -0.39 is 29.4 Å². The standard InChI is InChI=1S/C27H22F3N5O4S/c28-27(29,30)39-22-16-19(25(36)34-12-14-35(15-13-34)26(37)20-6-2-10-31-17-20)8-9-21(22)33-40(38)23-7-1-4-18-5-3-11-32-24(18)23/h1-11,16-17,33H,12-15H2. The van der Waals surface area contributed by atoms with E-state index in [0.717, 1.165) is 6.07 Å². The maximum Gasteiger partial charge on any atom is 0.573 e. The van der Waals surface area contributed by atoms with Gasteiger partial charge in [0, 0.05) is 55.7 Å². The number of ether oxygens (including phenoxy) is 1. The van der Waals surface area contributed by atoms with Crippen molar-refractivity contribution in [2.75, 3.05) is 30.9 Å². The van der Waals surface area contributed by atoms with Crippen molar-refractivity contribution < 1.29 is 32.0 Å². The van der Waals surface area contributed by atoms with Crippen LogP contribution < -0.4 is 9.46 Å². The first-order valence-electron chi connectivity index (χ1n) is 12.1. The van der Waals surface area contributed by atoms with E-state index in [1.54, 1.807) is 53.6 Å². The minimum atomic E-state index is -5.06. The summed E-state index contributed by atoms with van der Waals surface area (Å²) in [5.41, 5.74) is 0.597. The van der Waals surface area contributed by atoms with Gasteiger partial charge in [-0.1, -0.05) is 18.2 Å². The first-order valence-corrected chi connectivity index (χ1v) is 13.2. The molecule has 0 radical (unpaired) electrons. The molecule has 1 unspecified atom stereocenters. The SMILES string of the molecule is O=C(c1cccnc1)N1CCN(C(=O)c2ccc(N[S+]([O-])c3cccc4cccnc34)c(OC(F)(F)F)c2)CC1. The first kappa shape index (κ1) is 27.2. The van der Waals surface area contributed by atoms with Crippen LogP contribution >= 0.6 is 0 Å². The number of pyridine rings is 2. The summed E-state index contributed by atoms with van der Waals surface area (Å²) in [6.07, 6.45) is -0.514. The Hall–Kier alpha value is -4.36. The summed E-state index contributed by atoms with van der Waals surface area (Å²) < 4.78 is 59.6. The lowest BCUT2D eigenvalue weighted by atomic mass is 10.1. The zero-order valence-electron chi connectivity index (χ0n) is 20.8. The molecule has 1 fully saturated rings. The molecule has 1 atom stereocenters. The molecule has 0 spiro atoms. The Labute approximate surface area is 229 Å². The highest BCUT2D eigenvalue weighted by Crippen LogP contribution is 2.34. The number of aromatic nitrogens is 2. The molecule has 13 heteroatoms. The van der Waals surface area contributed by atoms with Crippen molar-refractivity contribution in [1.82, 2.24) is 19.8 Å². The van der Waals surface area contributed by atoms with Crippen LogP contribution in [-0.2, 0) is 11.4 Å². The molecule has 206 valence electrons. The summed E-state index contributed by atoms with van der Waals surface area (Å²) in [6, 6.07) is 15.3. The Kier molecular flexibility index (Phi) is 7.76. The van der Waals surface area contributed by atoms with E-state index >= 15 is 0 Å². The Bertz CT molecular complexity index is 1530. The van der Waals surface area contributed by atoms with Crippen molar-refractivity contribution in [3.05, 3.63) is 90.4 Å². The summed E-state index contributed by atoms with van der Waals surface area (Å²) in [6.45, 7) is 0.892. The number of alkyl halides is 3. The maximum atomic E-state index is 13.3. The van der Waals surface area contributed by atoms with Gasteiger partial charge >= 0.3 is 6.36 Å². The van der Waals surface area contributed by atoms with Crippen LogP contribution in [0.15, 0.2) is 84.1 Å². The number of halogens is 3. The topological polar surface area (TPSA) is 111 Å². The Morgan fingerprint density at radius 3 is 2.25 bits per heavy atom. The number of carbonyl (C=O) groups excluding carboxylic acids is 2. The van der Waals surface area contributed by atoms with E-state index in [0.29, 0.717) is 16.5 Å². The molecule has 9 nitrogen and oxygen atoms in total. The number of piperazine rings is 1. The normalized spacial score (nSPS) is 14.6. The van der Waals surface area contributed by atoms with Gasteiger partial charge < -0.3 is 19.1 Å². The fraction of sp³-hybridized carbons (Fsp3) is 0.185. The third-order valence-corrected chi connectivity index (χ3v) is 7.35. The number of nitrogens with zero attached hydrogens (tertiary/aromatic N) is 4.